The van der Waals surface area contributed by atoms with Crippen molar-refractivity contribution in [1.82, 2.24) is 26.6 Å². The van der Waals surface area contributed by atoms with Gasteiger partial charge in [-0.15, -0.1) is 0 Å². The van der Waals surface area contributed by atoms with E-state index in [0.717, 1.165) is 5.56 Å². The first-order valence-electron chi connectivity index (χ1n) is 25.2. The van der Waals surface area contributed by atoms with Crippen LogP contribution in [-0.2, 0) is 63.8 Å². The molecule has 22 heteroatoms. The Morgan fingerprint density at radius 3 is 2.00 bits per heavy atom. The number of nitrogens with two attached hydrogens (primary N) is 3. The number of aliphatic imine (C=N–C) groups is 1. The Morgan fingerprint density at radius 2 is 1.38 bits per heavy atom. The summed E-state index contributed by atoms with van der Waals surface area (Å²) in [6, 6.07) is 5.33. The summed E-state index contributed by atoms with van der Waals surface area (Å²) in [7, 11) is 0. The van der Waals surface area contributed by atoms with E-state index >= 15 is 0 Å². The molecule has 2 rings (SSSR count). The minimum atomic E-state index is -1.36. The second-order valence-corrected chi connectivity index (χ2v) is 19.7. The number of nitrogens with zero attached hydrogens (tertiary/aromatic N) is 1. The first kappa shape index (κ1) is 63.0. The minimum Gasteiger partial charge on any atom is -0.394 e. The van der Waals surface area contributed by atoms with E-state index in [2.05, 4.69) is 31.6 Å². The van der Waals surface area contributed by atoms with Gasteiger partial charge in [0.1, 0.15) is 12.6 Å². The summed E-state index contributed by atoms with van der Waals surface area (Å²) in [5, 5.41) is 23.3. The van der Waals surface area contributed by atoms with Crippen molar-refractivity contribution in [1.29, 1.82) is 0 Å². The number of ether oxygens (including phenoxy) is 2. The number of rotatable bonds is 12. The topological polar surface area (TPSA) is 360 Å². The predicted molar refractivity (Wildman–Crippen MR) is 271 cm³/mol. The maximum absolute atomic E-state index is 14.2. The minimum absolute atomic E-state index is 0.0293. The molecule has 7 atom stereocenters. The van der Waals surface area contributed by atoms with Crippen LogP contribution in [-0.4, -0.2) is 140 Å². The fourth-order valence-corrected chi connectivity index (χ4v) is 8.27. The van der Waals surface area contributed by atoms with Gasteiger partial charge >= 0.3 is 0 Å². The molecular formula is C51H81N9O13. The quantitative estimate of drug-likeness (QED) is 0.0752. The summed E-state index contributed by atoms with van der Waals surface area (Å²) in [5.41, 5.74) is 17.4. The Morgan fingerprint density at radius 1 is 0.712 bits per heavy atom. The molecule has 6 amide bonds. The van der Waals surface area contributed by atoms with E-state index < -0.39 is 138 Å². The Hall–Kier alpha value is -6.13. The molecule has 1 aromatic rings. The lowest BCUT2D eigenvalue weighted by atomic mass is 9.85. The number of carbonyl (C=O) groups excluding carboxylic acids is 10. The molecule has 73 heavy (non-hydrogen) atoms. The van der Waals surface area contributed by atoms with E-state index in [1.165, 1.54) is 0 Å². The van der Waals surface area contributed by atoms with Crippen LogP contribution in [0.4, 0.5) is 0 Å². The van der Waals surface area contributed by atoms with E-state index in [-0.39, 0.29) is 103 Å². The summed E-state index contributed by atoms with van der Waals surface area (Å²) < 4.78 is 10.8. The van der Waals surface area contributed by atoms with Crippen LogP contribution >= 0.6 is 0 Å². The van der Waals surface area contributed by atoms with Gasteiger partial charge in [-0.2, -0.15) is 0 Å². The highest BCUT2D eigenvalue weighted by Crippen LogP contribution is 2.23. The second kappa shape index (κ2) is 33.6. The lowest BCUT2D eigenvalue weighted by Crippen LogP contribution is -2.50. The van der Waals surface area contributed by atoms with Crippen LogP contribution in [0.5, 0.6) is 0 Å². The molecular weight excluding hydrogens is 947 g/mol. The molecule has 0 spiro atoms. The molecule has 0 aromatic heterocycles. The number of aliphatic hydroxyl groups excluding tert-OH is 1. The average molecular weight is 1030 g/mol. The summed E-state index contributed by atoms with van der Waals surface area (Å²) in [4.78, 5) is 139. The summed E-state index contributed by atoms with van der Waals surface area (Å²) >= 11 is 0. The monoisotopic (exact) mass is 1030 g/mol. The zero-order valence-electron chi connectivity index (χ0n) is 43.4. The van der Waals surface area contributed by atoms with Crippen LogP contribution in [0.25, 0.3) is 0 Å². The molecule has 1 aromatic carbocycles. The summed E-state index contributed by atoms with van der Waals surface area (Å²) in [5.74, 6) is -11.1. The van der Waals surface area contributed by atoms with Gasteiger partial charge in [0.2, 0.25) is 35.4 Å². The van der Waals surface area contributed by atoms with Gasteiger partial charge in [0, 0.05) is 68.9 Å². The lowest BCUT2D eigenvalue weighted by Gasteiger charge is -2.28. The van der Waals surface area contributed by atoms with E-state index in [9.17, 15) is 53.1 Å². The molecule has 0 saturated carbocycles. The van der Waals surface area contributed by atoms with Crippen molar-refractivity contribution in [3.63, 3.8) is 0 Å². The highest BCUT2D eigenvalue weighted by Gasteiger charge is 2.35. The van der Waals surface area contributed by atoms with Gasteiger partial charge in [0.25, 0.3) is 0 Å². The SMILES string of the molecule is CC(C)CC1CC(=O)CNC(=O)C(Cc2ccccc2)CC(=O)C(C(C)C)NC(=O)C(C(C)C)CC(=O)C(CO)NC(=O)COCCOCCNC(=O)CCC(C(N)=O)CC(=O)C(CCCN=C(N)N)NC1=O. The Bertz CT molecular complexity index is 2030. The van der Waals surface area contributed by atoms with Crippen molar-refractivity contribution in [2.24, 2.45) is 63.6 Å². The van der Waals surface area contributed by atoms with Crippen molar-refractivity contribution >= 4 is 64.5 Å². The smallest absolute Gasteiger partial charge is 0.246 e. The van der Waals surface area contributed by atoms with Gasteiger partial charge < -0.3 is 58.4 Å². The number of aliphatic hydroxyl groups is 1. The van der Waals surface area contributed by atoms with Gasteiger partial charge in [-0.05, 0) is 55.4 Å². The predicted octanol–water partition coefficient (Wildman–Crippen LogP) is -0.0662. The first-order chi connectivity index (χ1) is 34.5. The number of ketones is 4. The highest BCUT2D eigenvalue weighted by molar-refractivity contribution is 5.97. The van der Waals surface area contributed by atoms with Crippen LogP contribution in [0, 0.1) is 41.4 Å². The van der Waals surface area contributed by atoms with Crippen LogP contribution < -0.4 is 43.8 Å². The van der Waals surface area contributed by atoms with E-state index in [4.69, 9.17) is 26.7 Å². The van der Waals surface area contributed by atoms with E-state index in [1.54, 1.807) is 58.0 Å². The Kier molecular flexibility index (Phi) is 29.0. The molecule has 408 valence electrons. The molecule has 1 aliphatic heterocycles. The third kappa shape index (κ3) is 24.9. The lowest BCUT2D eigenvalue weighted by molar-refractivity contribution is -0.137. The number of amides is 6. The van der Waals surface area contributed by atoms with E-state index in [1.807, 2.05) is 13.8 Å². The summed E-state index contributed by atoms with van der Waals surface area (Å²) in [6.45, 7) is 9.12. The molecule has 1 heterocycles. The van der Waals surface area contributed by atoms with Crippen molar-refractivity contribution < 1.29 is 62.5 Å². The molecule has 12 N–H and O–H groups in total. The molecule has 1 aliphatic rings. The second-order valence-electron chi connectivity index (χ2n) is 19.7. The van der Waals surface area contributed by atoms with Crippen molar-refractivity contribution in [3.8, 4) is 0 Å². The number of nitrogens with one attached hydrogen (secondary N) is 5. The van der Waals surface area contributed by atoms with Gasteiger partial charge in [-0.3, -0.25) is 52.9 Å². The molecule has 0 bridgehead atoms. The zero-order valence-corrected chi connectivity index (χ0v) is 43.4. The third-order valence-corrected chi connectivity index (χ3v) is 12.4. The molecule has 1 fully saturated rings. The Labute approximate surface area is 428 Å². The molecule has 1 saturated heterocycles. The maximum atomic E-state index is 14.2. The normalized spacial score (nSPS) is 24.6. The third-order valence-electron chi connectivity index (χ3n) is 12.4. The van der Waals surface area contributed by atoms with E-state index in [0.29, 0.717) is 0 Å². The summed E-state index contributed by atoms with van der Waals surface area (Å²) in [6.07, 6.45) is -1.02. The molecule has 0 radical (unpaired) electrons. The number of primary amides is 1. The average Bonchev–Trinajstić information content (AvgIpc) is 3.32. The highest BCUT2D eigenvalue weighted by atomic mass is 16.5. The van der Waals surface area contributed by atoms with Crippen LogP contribution in [0.15, 0.2) is 35.3 Å². The number of guanidine groups is 1. The number of hydrogen-bond acceptors (Lipinski definition) is 14. The number of hydrogen-bond donors (Lipinski definition) is 9. The zero-order chi connectivity index (χ0) is 54.6. The number of benzene rings is 1. The maximum Gasteiger partial charge on any atom is 0.246 e. The molecule has 7 unspecified atom stereocenters. The fourth-order valence-electron chi connectivity index (χ4n) is 8.27. The van der Waals surface area contributed by atoms with Gasteiger partial charge in [0.15, 0.2) is 29.1 Å². The largest absolute Gasteiger partial charge is 0.394 e. The van der Waals surface area contributed by atoms with Crippen molar-refractivity contribution in [2.75, 3.05) is 52.7 Å². The molecule has 0 aliphatic carbocycles. The van der Waals surface area contributed by atoms with Crippen molar-refractivity contribution in [2.45, 2.75) is 124 Å². The van der Waals surface area contributed by atoms with Gasteiger partial charge in [-0.25, -0.2) is 0 Å². The number of Topliss-reactive ketones (excluding diaryl/α,β-unsaturated/α-hetero) is 4. The number of carbonyl (C=O) groups is 10. The van der Waals surface area contributed by atoms with Gasteiger partial charge in [0.05, 0.1) is 45.1 Å². The first-order valence-corrected chi connectivity index (χ1v) is 25.2. The standard InChI is InChI=1S/C51H81N9O13/c1-30(2)21-35-23-37(62)27-57-48(69)36(22-33-11-8-7-9-12-33)25-43(65)46(32(5)6)60-50(71)38(31(3)4)26-42(64)40(28-61)58-45(67)29-73-20-19-72-18-17-55-44(66)15-14-34(47(52)68)24-41(63)39(59-49(35)70)13-10-16-56-51(53)54/h7-9,11-12,30-32,34-36,38-40,46,61H,10,13-29H2,1-6H3,(H2,52,68)(H,55,66)(H,57,69)(H,58,67)(H,59,70)(H,60,71)(H4,53,54,56). The van der Waals surface area contributed by atoms with Crippen molar-refractivity contribution in [3.05, 3.63) is 35.9 Å². The molecule has 22 nitrogen and oxygen atoms in total. The van der Waals surface area contributed by atoms with Crippen LogP contribution in [0.1, 0.15) is 105 Å². The fraction of sp³-hybridized carbons (Fsp3) is 0.667. The van der Waals surface area contributed by atoms with Gasteiger partial charge in [-0.1, -0.05) is 71.9 Å². The Balaban J connectivity index is 2.48. The van der Waals surface area contributed by atoms with Crippen LogP contribution in [0.2, 0.25) is 0 Å². The van der Waals surface area contributed by atoms with Crippen LogP contribution in [0.3, 0.4) is 0 Å².